The van der Waals surface area contributed by atoms with Gasteiger partial charge < -0.3 is 14.2 Å². The van der Waals surface area contributed by atoms with E-state index in [2.05, 4.69) is 10.9 Å². The van der Waals surface area contributed by atoms with Crippen molar-refractivity contribution in [1.82, 2.24) is 13.8 Å². The zero-order valence-corrected chi connectivity index (χ0v) is 21.0. The van der Waals surface area contributed by atoms with Gasteiger partial charge in [0.1, 0.15) is 5.82 Å². The zero-order chi connectivity index (χ0) is 25.9. The fourth-order valence-corrected chi connectivity index (χ4v) is 6.27. The average molecular weight is 531 g/mol. The van der Waals surface area contributed by atoms with Gasteiger partial charge in [-0.15, -0.1) is 6.42 Å². The Bertz CT molecular complexity index is 1510. The first-order valence-electron chi connectivity index (χ1n) is 11.1. The largest absolute Gasteiger partial charge is 0.450 e. The Balaban J connectivity index is 1.54. The maximum atomic E-state index is 14.4. The molecule has 0 bridgehead atoms. The second-order valence-corrected chi connectivity index (χ2v) is 10.7. The number of amides is 2. The number of carbonyl (C=O) groups excluding carboxylic acids is 2. The van der Waals surface area contributed by atoms with Gasteiger partial charge in [0.05, 0.1) is 28.3 Å². The number of terminal acetylenes is 1. The van der Waals surface area contributed by atoms with Gasteiger partial charge in [0.25, 0.3) is 5.91 Å². The molecule has 0 radical (unpaired) electrons. The Hall–Kier alpha value is -3.53. The van der Waals surface area contributed by atoms with Gasteiger partial charge in [-0.25, -0.2) is 17.6 Å². The van der Waals surface area contributed by atoms with Gasteiger partial charge >= 0.3 is 6.09 Å². The third-order valence-corrected chi connectivity index (χ3v) is 8.56. The van der Waals surface area contributed by atoms with Crippen LogP contribution in [0.3, 0.4) is 0 Å². The molecular formula is C24H23FN4O5S2. The van der Waals surface area contributed by atoms with E-state index >= 15 is 0 Å². The molecule has 1 aliphatic rings. The van der Waals surface area contributed by atoms with Crippen molar-refractivity contribution in [2.75, 3.05) is 32.8 Å². The fraction of sp³-hybridized carbons (Fsp3) is 0.292. The number of ether oxygens (including phenoxy) is 1. The summed E-state index contributed by atoms with van der Waals surface area (Å²) < 4.78 is 48.7. The molecule has 1 aromatic heterocycles. The number of piperazine rings is 1. The quantitative estimate of drug-likeness (QED) is 0.472. The molecule has 0 aliphatic carbocycles. The number of benzene rings is 2. The summed E-state index contributed by atoms with van der Waals surface area (Å²) in [6.45, 7) is 2.70. The number of hydrogen-bond donors (Lipinski definition) is 0. The summed E-state index contributed by atoms with van der Waals surface area (Å²) in [5.74, 6) is 1.37. The summed E-state index contributed by atoms with van der Waals surface area (Å²) >= 11 is 1.13. The highest BCUT2D eigenvalue weighted by Gasteiger charge is 2.30. The minimum absolute atomic E-state index is 0.0231. The summed E-state index contributed by atoms with van der Waals surface area (Å²) in [5.41, 5.74) is 0.447. The van der Waals surface area contributed by atoms with E-state index in [1.165, 1.54) is 44.1 Å². The van der Waals surface area contributed by atoms with Crippen molar-refractivity contribution in [2.45, 2.75) is 18.4 Å². The number of fused-ring (bicyclic) bond motifs is 1. The zero-order valence-electron chi connectivity index (χ0n) is 19.4. The Morgan fingerprint density at radius 3 is 2.47 bits per heavy atom. The average Bonchev–Trinajstić information content (AvgIpc) is 3.22. The number of thiazole rings is 1. The molecule has 4 rings (SSSR count). The predicted octanol–water partition coefficient (Wildman–Crippen LogP) is 2.68. The molecule has 2 aromatic carbocycles. The van der Waals surface area contributed by atoms with Gasteiger partial charge in [-0.1, -0.05) is 23.3 Å². The van der Waals surface area contributed by atoms with E-state index in [4.69, 9.17) is 11.2 Å². The predicted molar refractivity (Wildman–Crippen MR) is 132 cm³/mol. The van der Waals surface area contributed by atoms with E-state index in [-0.39, 0.29) is 60.1 Å². The maximum absolute atomic E-state index is 14.4. The summed E-state index contributed by atoms with van der Waals surface area (Å²) in [7, 11) is -3.81. The van der Waals surface area contributed by atoms with E-state index in [1.807, 2.05) is 0 Å². The third kappa shape index (κ3) is 5.04. The van der Waals surface area contributed by atoms with Crippen LogP contribution in [0.4, 0.5) is 9.18 Å². The molecule has 0 atom stereocenters. The number of nitrogens with zero attached hydrogens (tertiary/aromatic N) is 4. The Morgan fingerprint density at radius 2 is 1.83 bits per heavy atom. The van der Waals surface area contributed by atoms with E-state index in [9.17, 15) is 22.4 Å². The first kappa shape index (κ1) is 25.6. The topological polar surface area (TPSA) is 101 Å². The number of sulfonamides is 1. The maximum Gasteiger partial charge on any atom is 0.409 e. The number of rotatable bonds is 5. The highest BCUT2D eigenvalue weighted by Crippen LogP contribution is 2.21. The molecule has 1 fully saturated rings. The second kappa shape index (κ2) is 10.6. The first-order valence-corrected chi connectivity index (χ1v) is 13.3. The molecule has 0 saturated carbocycles. The molecule has 36 heavy (non-hydrogen) atoms. The number of para-hydroxylation sites is 1. The summed E-state index contributed by atoms with van der Waals surface area (Å²) in [4.78, 5) is 30.5. The molecule has 0 spiro atoms. The highest BCUT2D eigenvalue weighted by molar-refractivity contribution is 7.89. The van der Waals surface area contributed by atoms with Crippen LogP contribution in [0.25, 0.3) is 10.2 Å². The molecule has 2 heterocycles. The molecule has 9 nitrogen and oxygen atoms in total. The molecular weight excluding hydrogens is 507 g/mol. The van der Waals surface area contributed by atoms with Crippen LogP contribution in [0, 0.1) is 18.2 Å². The van der Waals surface area contributed by atoms with Crippen LogP contribution in [-0.4, -0.2) is 67.0 Å². The molecule has 1 aliphatic heterocycles. The van der Waals surface area contributed by atoms with Crippen LogP contribution in [0.5, 0.6) is 0 Å². The van der Waals surface area contributed by atoms with Gasteiger partial charge in [0.2, 0.25) is 10.0 Å². The monoisotopic (exact) mass is 530 g/mol. The third-order valence-electron chi connectivity index (χ3n) is 5.60. The standard InChI is InChI=1S/C24H23FN4O5S2/c1-3-12-29-21-19(25)6-5-7-20(21)35-23(29)26-22(30)17-8-10-18(11-9-17)36(32,33)28-15-13-27(14-16-28)24(31)34-4-2/h1,5-11H,4,12-16H2,2H3. The van der Waals surface area contributed by atoms with Crippen LogP contribution in [-0.2, 0) is 21.3 Å². The van der Waals surface area contributed by atoms with Crippen molar-refractivity contribution >= 4 is 43.6 Å². The minimum Gasteiger partial charge on any atom is -0.450 e. The molecule has 188 valence electrons. The van der Waals surface area contributed by atoms with Gasteiger partial charge in [0, 0.05) is 31.7 Å². The smallest absolute Gasteiger partial charge is 0.409 e. The Labute approximate surface area is 211 Å². The van der Waals surface area contributed by atoms with Crippen molar-refractivity contribution in [3.05, 3.63) is 58.6 Å². The number of carbonyl (C=O) groups is 2. The molecule has 12 heteroatoms. The van der Waals surface area contributed by atoms with Gasteiger partial charge in [-0.2, -0.15) is 9.30 Å². The number of hydrogen-bond acceptors (Lipinski definition) is 6. The van der Waals surface area contributed by atoms with Crippen LogP contribution >= 0.6 is 11.3 Å². The SMILES string of the molecule is C#CCn1c(=NC(=O)c2ccc(S(=O)(=O)N3CCN(C(=O)OCC)CC3)cc2)sc2cccc(F)c21. The molecule has 3 aromatic rings. The van der Waals surface area contributed by atoms with Crippen LogP contribution in [0.1, 0.15) is 17.3 Å². The second-order valence-electron chi connectivity index (χ2n) is 7.79. The first-order chi connectivity index (χ1) is 17.3. The molecule has 1 saturated heterocycles. The molecule has 0 unspecified atom stereocenters. The van der Waals surface area contributed by atoms with Crippen LogP contribution < -0.4 is 4.80 Å². The lowest BCUT2D eigenvalue weighted by atomic mass is 10.2. The van der Waals surface area contributed by atoms with E-state index < -0.39 is 27.8 Å². The van der Waals surface area contributed by atoms with Crippen molar-refractivity contribution < 1.29 is 27.1 Å². The van der Waals surface area contributed by atoms with E-state index in [0.29, 0.717) is 4.70 Å². The van der Waals surface area contributed by atoms with Crippen molar-refractivity contribution in [3.8, 4) is 12.3 Å². The van der Waals surface area contributed by atoms with Crippen LogP contribution in [0.2, 0.25) is 0 Å². The number of halogens is 1. The summed E-state index contributed by atoms with van der Waals surface area (Å²) in [5, 5.41) is 0. The lowest BCUT2D eigenvalue weighted by molar-refractivity contribution is 0.0933. The summed E-state index contributed by atoms with van der Waals surface area (Å²) in [6.07, 6.45) is 4.96. The van der Waals surface area contributed by atoms with E-state index in [1.54, 1.807) is 19.1 Å². The fourth-order valence-electron chi connectivity index (χ4n) is 3.81. The van der Waals surface area contributed by atoms with Gasteiger partial charge in [-0.3, -0.25) is 4.79 Å². The van der Waals surface area contributed by atoms with E-state index in [0.717, 1.165) is 11.3 Å². The Kier molecular flexibility index (Phi) is 7.53. The highest BCUT2D eigenvalue weighted by atomic mass is 32.2. The summed E-state index contributed by atoms with van der Waals surface area (Å²) in [6, 6.07) is 10.0. The number of aromatic nitrogens is 1. The van der Waals surface area contributed by atoms with Crippen molar-refractivity contribution in [2.24, 2.45) is 4.99 Å². The lowest BCUT2D eigenvalue weighted by Crippen LogP contribution is -2.50. The van der Waals surface area contributed by atoms with Crippen molar-refractivity contribution in [1.29, 1.82) is 0 Å². The minimum atomic E-state index is -3.81. The molecule has 0 N–H and O–H groups in total. The normalized spacial score (nSPS) is 15.1. The van der Waals surface area contributed by atoms with Gasteiger partial charge in [0.15, 0.2) is 4.80 Å². The lowest BCUT2D eigenvalue weighted by Gasteiger charge is -2.33. The van der Waals surface area contributed by atoms with Gasteiger partial charge in [-0.05, 0) is 43.3 Å². The molecule has 2 amide bonds. The Morgan fingerprint density at radius 1 is 1.14 bits per heavy atom. The van der Waals surface area contributed by atoms with Crippen LogP contribution in [0.15, 0.2) is 52.4 Å². The van der Waals surface area contributed by atoms with Crippen molar-refractivity contribution in [3.63, 3.8) is 0 Å².